The van der Waals surface area contributed by atoms with E-state index >= 15 is 0 Å². The molecule has 3 rings (SSSR count). The van der Waals surface area contributed by atoms with Gasteiger partial charge in [0.1, 0.15) is 12.0 Å². The second-order valence-electron chi connectivity index (χ2n) is 9.62. The van der Waals surface area contributed by atoms with Gasteiger partial charge >= 0.3 is 0 Å². The zero-order chi connectivity index (χ0) is 22.5. The van der Waals surface area contributed by atoms with Crippen molar-refractivity contribution < 1.29 is 17.6 Å². The number of halogens is 4. The van der Waals surface area contributed by atoms with E-state index in [1.165, 1.54) is 44.4 Å². The summed E-state index contributed by atoms with van der Waals surface area (Å²) in [5, 5.41) is 0. The van der Waals surface area contributed by atoms with Crippen molar-refractivity contribution in [3.8, 4) is 0 Å². The van der Waals surface area contributed by atoms with Crippen LogP contribution >= 0.6 is 0 Å². The number of alkyl halides is 1. The standard InChI is InChI=1S/C27H34F4/c1-17(14-20-7-8-20)4-5-18(2)22-10-11-23(25(29)16-22)15-24(28)13-12-21-9-6-19(3)26(30)27(21)31/h6,9-11,16-18,20,24H,4-5,7-8,12-15H2,1-3H3. The van der Waals surface area contributed by atoms with E-state index in [2.05, 4.69) is 13.8 Å². The molecule has 0 nitrogen and oxygen atoms in total. The molecule has 0 amide bonds. The molecule has 3 unspecified atom stereocenters. The number of benzene rings is 2. The maximum absolute atomic E-state index is 14.6. The van der Waals surface area contributed by atoms with E-state index < -0.39 is 17.8 Å². The smallest absolute Gasteiger partial charge is 0.162 e. The van der Waals surface area contributed by atoms with Gasteiger partial charge in [0, 0.05) is 6.42 Å². The highest BCUT2D eigenvalue weighted by atomic mass is 19.2. The first-order chi connectivity index (χ1) is 14.7. The molecule has 31 heavy (non-hydrogen) atoms. The Morgan fingerprint density at radius 1 is 0.903 bits per heavy atom. The molecule has 3 atom stereocenters. The van der Waals surface area contributed by atoms with Crippen LogP contribution in [0.1, 0.15) is 80.5 Å². The monoisotopic (exact) mass is 434 g/mol. The average Bonchev–Trinajstić information content (AvgIpc) is 3.55. The predicted molar refractivity (Wildman–Crippen MR) is 119 cm³/mol. The van der Waals surface area contributed by atoms with Crippen molar-refractivity contribution in [3.63, 3.8) is 0 Å². The first-order valence-electron chi connectivity index (χ1n) is 11.6. The molecule has 2 aromatic rings. The molecular formula is C27H34F4. The highest BCUT2D eigenvalue weighted by Gasteiger charge is 2.23. The van der Waals surface area contributed by atoms with Crippen LogP contribution in [0.2, 0.25) is 0 Å². The van der Waals surface area contributed by atoms with Gasteiger partial charge in [-0.2, -0.15) is 0 Å². The second kappa shape index (κ2) is 10.7. The third-order valence-corrected chi connectivity index (χ3v) is 6.69. The fraction of sp³-hybridized carbons (Fsp3) is 0.556. The van der Waals surface area contributed by atoms with Crippen LogP contribution in [0.4, 0.5) is 17.6 Å². The van der Waals surface area contributed by atoms with Gasteiger partial charge in [0.2, 0.25) is 0 Å². The fourth-order valence-electron chi connectivity index (χ4n) is 4.31. The van der Waals surface area contributed by atoms with E-state index in [0.29, 0.717) is 11.5 Å². The lowest BCUT2D eigenvalue weighted by molar-refractivity contribution is 0.308. The van der Waals surface area contributed by atoms with Gasteiger partial charge in [-0.05, 0) is 78.7 Å². The summed E-state index contributed by atoms with van der Waals surface area (Å²) in [6.45, 7) is 5.90. The SMILES string of the molecule is Cc1ccc(CCC(F)Cc2ccc(C(C)CCC(C)CC3CC3)cc2F)c(F)c1F. The lowest BCUT2D eigenvalue weighted by Gasteiger charge is -2.17. The molecule has 0 N–H and O–H groups in total. The fourth-order valence-corrected chi connectivity index (χ4v) is 4.31. The van der Waals surface area contributed by atoms with Gasteiger partial charge in [0.15, 0.2) is 11.6 Å². The third-order valence-electron chi connectivity index (χ3n) is 6.69. The summed E-state index contributed by atoms with van der Waals surface area (Å²) in [5.74, 6) is -0.277. The van der Waals surface area contributed by atoms with Crippen molar-refractivity contribution in [2.45, 2.75) is 84.2 Å². The maximum atomic E-state index is 14.6. The Kier molecular flexibility index (Phi) is 8.18. The van der Waals surface area contributed by atoms with Crippen LogP contribution in [0.15, 0.2) is 30.3 Å². The summed E-state index contributed by atoms with van der Waals surface area (Å²) < 4.78 is 56.7. The van der Waals surface area contributed by atoms with Crippen LogP contribution in [0.25, 0.3) is 0 Å². The van der Waals surface area contributed by atoms with Crippen molar-refractivity contribution in [3.05, 3.63) is 70.0 Å². The predicted octanol–water partition coefficient (Wildman–Crippen LogP) is 8.25. The van der Waals surface area contributed by atoms with Gasteiger partial charge in [-0.1, -0.05) is 57.4 Å². The molecule has 1 fully saturated rings. The largest absolute Gasteiger partial charge is 0.247 e. The Balaban J connectivity index is 1.50. The highest BCUT2D eigenvalue weighted by Crippen LogP contribution is 2.37. The van der Waals surface area contributed by atoms with E-state index in [-0.39, 0.29) is 42.1 Å². The minimum absolute atomic E-state index is 0.0237. The number of rotatable bonds is 11. The first kappa shape index (κ1) is 23.8. The Morgan fingerprint density at radius 2 is 1.61 bits per heavy atom. The Labute approximate surface area is 184 Å². The van der Waals surface area contributed by atoms with Gasteiger partial charge in [0.25, 0.3) is 0 Å². The van der Waals surface area contributed by atoms with E-state index in [9.17, 15) is 17.6 Å². The quantitative estimate of drug-likeness (QED) is 0.312. The summed E-state index contributed by atoms with van der Waals surface area (Å²) in [6, 6.07) is 8.09. The molecule has 0 aromatic heterocycles. The second-order valence-corrected chi connectivity index (χ2v) is 9.62. The van der Waals surface area contributed by atoms with Crippen molar-refractivity contribution in [1.29, 1.82) is 0 Å². The Morgan fingerprint density at radius 3 is 2.29 bits per heavy atom. The Bertz CT molecular complexity index is 872. The van der Waals surface area contributed by atoms with Crippen LogP contribution in [0.5, 0.6) is 0 Å². The van der Waals surface area contributed by atoms with Crippen molar-refractivity contribution in [1.82, 2.24) is 0 Å². The van der Waals surface area contributed by atoms with Crippen LogP contribution in [0, 0.1) is 36.2 Å². The average molecular weight is 435 g/mol. The van der Waals surface area contributed by atoms with Crippen LogP contribution in [-0.4, -0.2) is 6.17 Å². The Hall–Kier alpha value is -1.84. The van der Waals surface area contributed by atoms with Gasteiger partial charge in [0.05, 0.1) is 0 Å². The minimum atomic E-state index is -1.31. The summed E-state index contributed by atoms with van der Waals surface area (Å²) in [6.07, 6.45) is 4.95. The van der Waals surface area contributed by atoms with E-state index in [1.807, 2.05) is 6.07 Å². The molecule has 0 radical (unpaired) electrons. The minimum Gasteiger partial charge on any atom is -0.247 e. The number of hydrogen-bond donors (Lipinski definition) is 0. The molecule has 0 heterocycles. The molecule has 1 aliphatic carbocycles. The summed E-state index contributed by atoms with van der Waals surface area (Å²) in [4.78, 5) is 0. The topological polar surface area (TPSA) is 0 Å². The molecule has 0 aliphatic heterocycles. The van der Waals surface area contributed by atoms with E-state index in [1.54, 1.807) is 6.07 Å². The lowest BCUT2D eigenvalue weighted by atomic mass is 9.89. The molecular weight excluding hydrogens is 400 g/mol. The normalized spacial score (nSPS) is 16.9. The van der Waals surface area contributed by atoms with Crippen molar-refractivity contribution in [2.75, 3.05) is 0 Å². The molecule has 0 spiro atoms. The zero-order valence-corrected chi connectivity index (χ0v) is 18.9. The molecule has 4 heteroatoms. The third kappa shape index (κ3) is 6.82. The maximum Gasteiger partial charge on any atom is 0.162 e. The molecule has 170 valence electrons. The molecule has 1 aliphatic rings. The summed E-state index contributed by atoms with van der Waals surface area (Å²) >= 11 is 0. The van der Waals surface area contributed by atoms with Crippen molar-refractivity contribution in [2.24, 2.45) is 11.8 Å². The lowest BCUT2D eigenvalue weighted by Crippen LogP contribution is -2.09. The van der Waals surface area contributed by atoms with E-state index in [0.717, 1.165) is 24.3 Å². The van der Waals surface area contributed by atoms with Crippen LogP contribution in [-0.2, 0) is 12.8 Å². The molecule has 1 saturated carbocycles. The zero-order valence-electron chi connectivity index (χ0n) is 18.9. The summed E-state index contributed by atoms with van der Waals surface area (Å²) in [7, 11) is 0. The molecule has 0 saturated heterocycles. The number of aryl methyl sites for hydroxylation is 2. The van der Waals surface area contributed by atoms with Crippen molar-refractivity contribution >= 4 is 0 Å². The molecule has 2 aromatic carbocycles. The van der Waals surface area contributed by atoms with Crippen LogP contribution in [0.3, 0.4) is 0 Å². The number of hydrogen-bond acceptors (Lipinski definition) is 0. The van der Waals surface area contributed by atoms with Gasteiger partial charge in [-0.15, -0.1) is 0 Å². The van der Waals surface area contributed by atoms with Crippen LogP contribution < -0.4 is 0 Å². The van der Waals surface area contributed by atoms with Gasteiger partial charge < -0.3 is 0 Å². The molecule has 0 bridgehead atoms. The van der Waals surface area contributed by atoms with E-state index in [4.69, 9.17) is 0 Å². The summed E-state index contributed by atoms with van der Waals surface area (Å²) in [5.41, 5.74) is 1.67. The van der Waals surface area contributed by atoms with Gasteiger partial charge in [-0.25, -0.2) is 17.6 Å². The van der Waals surface area contributed by atoms with Gasteiger partial charge in [-0.3, -0.25) is 0 Å². The first-order valence-corrected chi connectivity index (χ1v) is 11.6. The highest BCUT2D eigenvalue weighted by molar-refractivity contribution is 5.28.